The normalized spacial score (nSPS) is 26.6. The number of ether oxygens (including phenoxy) is 1. The summed E-state index contributed by atoms with van der Waals surface area (Å²) in [5, 5.41) is 3.62. The lowest BCUT2D eigenvalue weighted by atomic mass is 9.86. The number of nitrogens with zero attached hydrogens (tertiary/aromatic N) is 1. The minimum atomic E-state index is 0.546. The molecule has 1 heterocycles. The van der Waals surface area contributed by atoms with E-state index in [9.17, 15) is 0 Å². The van der Waals surface area contributed by atoms with Crippen molar-refractivity contribution >= 4 is 5.69 Å². The third-order valence-electron chi connectivity index (χ3n) is 4.49. The molecule has 0 spiro atoms. The fourth-order valence-corrected chi connectivity index (χ4v) is 3.20. The Bertz CT molecular complexity index is 421. The Kier molecular flexibility index (Phi) is 5.30. The van der Waals surface area contributed by atoms with E-state index in [1.54, 1.807) is 0 Å². The second-order valence-corrected chi connectivity index (χ2v) is 5.68. The molecule has 112 valence electrons. The smallest absolute Gasteiger partial charge is 0.121 e. The van der Waals surface area contributed by atoms with Crippen molar-refractivity contribution in [3.05, 3.63) is 24.3 Å². The lowest BCUT2D eigenvalue weighted by Gasteiger charge is -2.44. The molecule has 1 aromatic rings. The van der Waals surface area contributed by atoms with E-state index in [4.69, 9.17) is 4.74 Å². The number of piperidine rings is 1. The van der Waals surface area contributed by atoms with Crippen LogP contribution in [0.1, 0.15) is 34.1 Å². The molecule has 0 radical (unpaired) electrons. The summed E-state index contributed by atoms with van der Waals surface area (Å²) < 4.78 is 5.62. The van der Waals surface area contributed by atoms with Crippen LogP contribution in [0.5, 0.6) is 5.75 Å². The molecule has 1 N–H and O–H groups in total. The Morgan fingerprint density at radius 2 is 2.10 bits per heavy atom. The molecule has 1 fully saturated rings. The third-order valence-corrected chi connectivity index (χ3v) is 4.49. The molecule has 0 aromatic heterocycles. The second kappa shape index (κ2) is 6.98. The van der Waals surface area contributed by atoms with Crippen LogP contribution in [0.3, 0.4) is 0 Å². The Balaban J connectivity index is 2.11. The average molecular weight is 276 g/mol. The number of anilines is 1. The highest BCUT2D eigenvalue weighted by atomic mass is 16.5. The van der Waals surface area contributed by atoms with Crippen LogP contribution in [0.2, 0.25) is 0 Å². The highest BCUT2D eigenvalue weighted by Crippen LogP contribution is 2.30. The molecule has 0 saturated carbocycles. The van der Waals surface area contributed by atoms with Crippen LogP contribution in [0, 0.1) is 5.92 Å². The highest BCUT2D eigenvalue weighted by molar-refractivity contribution is 5.52. The van der Waals surface area contributed by atoms with Crippen molar-refractivity contribution in [3.63, 3.8) is 0 Å². The molecular weight excluding hydrogens is 248 g/mol. The molecule has 1 saturated heterocycles. The van der Waals surface area contributed by atoms with E-state index in [0.717, 1.165) is 25.4 Å². The molecule has 3 unspecified atom stereocenters. The first-order chi connectivity index (χ1) is 9.67. The predicted octanol–water partition coefficient (Wildman–Crippen LogP) is 3.30. The van der Waals surface area contributed by atoms with Gasteiger partial charge in [0.25, 0.3) is 0 Å². The largest absolute Gasteiger partial charge is 0.494 e. The molecule has 0 bridgehead atoms. The SMILES string of the molecule is CCNC1CCN(c2cccc(OCC)c2)C(C)C1C. The number of hydrogen-bond acceptors (Lipinski definition) is 3. The van der Waals surface area contributed by atoms with Crippen molar-refractivity contribution in [2.75, 3.05) is 24.6 Å². The maximum atomic E-state index is 5.62. The zero-order valence-electron chi connectivity index (χ0n) is 13.2. The van der Waals surface area contributed by atoms with Crippen molar-refractivity contribution in [2.24, 2.45) is 5.92 Å². The summed E-state index contributed by atoms with van der Waals surface area (Å²) in [5.41, 5.74) is 1.28. The molecule has 3 heteroatoms. The Labute approximate surface area is 123 Å². The number of rotatable bonds is 5. The van der Waals surface area contributed by atoms with Gasteiger partial charge in [-0.05, 0) is 44.9 Å². The molecule has 3 nitrogen and oxygen atoms in total. The second-order valence-electron chi connectivity index (χ2n) is 5.68. The highest BCUT2D eigenvalue weighted by Gasteiger charge is 2.31. The summed E-state index contributed by atoms with van der Waals surface area (Å²) in [6.45, 7) is 11.8. The van der Waals surface area contributed by atoms with Gasteiger partial charge in [-0.15, -0.1) is 0 Å². The van der Waals surface area contributed by atoms with Gasteiger partial charge < -0.3 is 15.0 Å². The summed E-state index contributed by atoms with van der Waals surface area (Å²) in [5.74, 6) is 1.62. The Morgan fingerprint density at radius 3 is 2.80 bits per heavy atom. The van der Waals surface area contributed by atoms with Crippen LogP contribution in [0.15, 0.2) is 24.3 Å². The zero-order valence-corrected chi connectivity index (χ0v) is 13.2. The maximum absolute atomic E-state index is 5.62. The van der Waals surface area contributed by atoms with Gasteiger partial charge in [0.2, 0.25) is 0 Å². The van der Waals surface area contributed by atoms with E-state index in [0.29, 0.717) is 18.0 Å². The van der Waals surface area contributed by atoms with Gasteiger partial charge >= 0.3 is 0 Å². The maximum Gasteiger partial charge on any atom is 0.121 e. The van der Waals surface area contributed by atoms with Gasteiger partial charge in [-0.3, -0.25) is 0 Å². The Morgan fingerprint density at radius 1 is 1.30 bits per heavy atom. The van der Waals surface area contributed by atoms with Crippen molar-refractivity contribution in [2.45, 2.75) is 46.2 Å². The van der Waals surface area contributed by atoms with Crippen LogP contribution in [0.4, 0.5) is 5.69 Å². The van der Waals surface area contributed by atoms with Crippen molar-refractivity contribution < 1.29 is 4.74 Å². The van der Waals surface area contributed by atoms with Crippen LogP contribution >= 0.6 is 0 Å². The molecule has 2 rings (SSSR count). The van der Waals surface area contributed by atoms with Crippen molar-refractivity contribution in [3.8, 4) is 5.75 Å². The molecular formula is C17H28N2O. The average Bonchev–Trinajstić information content (AvgIpc) is 2.45. The van der Waals surface area contributed by atoms with Crippen molar-refractivity contribution in [1.82, 2.24) is 5.32 Å². The summed E-state index contributed by atoms with van der Waals surface area (Å²) >= 11 is 0. The molecule has 20 heavy (non-hydrogen) atoms. The molecule has 1 aliphatic heterocycles. The fourth-order valence-electron chi connectivity index (χ4n) is 3.20. The van der Waals surface area contributed by atoms with Gasteiger partial charge in [-0.25, -0.2) is 0 Å². The molecule has 0 aliphatic carbocycles. The van der Waals surface area contributed by atoms with Gasteiger partial charge in [0, 0.05) is 30.4 Å². The van der Waals surface area contributed by atoms with Crippen LogP contribution < -0.4 is 15.0 Å². The van der Waals surface area contributed by atoms with Crippen LogP contribution in [-0.2, 0) is 0 Å². The first-order valence-corrected chi connectivity index (χ1v) is 7.90. The van der Waals surface area contributed by atoms with Gasteiger partial charge in [0.15, 0.2) is 0 Å². The van der Waals surface area contributed by atoms with E-state index in [2.05, 4.69) is 49.2 Å². The van der Waals surface area contributed by atoms with E-state index in [1.165, 1.54) is 12.1 Å². The summed E-state index contributed by atoms with van der Waals surface area (Å²) in [6.07, 6.45) is 1.21. The Hall–Kier alpha value is -1.22. The van der Waals surface area contributed by atoms with Crippen LogP contribution in [0.25, 0.3) is 0 Å². The quantitative estimate of drug-likeness (QED) is 0.893. The van der Waals surface area contributed by atoms with Gasteiger partial charge in [-0.1, -0.05) is 19.9 Å². The van der Waals surface area contributed by atoms with Gasteiger partial charge in [-0.2, -0.15) is 0 Å². The van der Waals surface area contributed by atoms with Gasteiger partial charge in [0.05, 0.1) is 6.61 Å². The summed E-state index contributed by atoms with van der Waals surface area (Å²) in [7, 11) is 0. The summed E-state index contributed by atoms with van der Waals surface area (Å²) in [6, 6.07) is 9.67. The first-order valence-electron chi connectivity index (χ1n) is 7.90. The third kappa shape index (κ3) is 3.26. The predicted molar refractivity (Wildman–Crippen MR) is 85.7 cm³/mol. The van der Waals surface area contributed by atoms with Crippen LogP contribution in [-0.4, -0.2) is 31.8 Å². The molecule has 3 atom stereocenters. The molecule has 0 amide bonds. The summed E-state index contributed by atoms with van der Waals surface area (Å²) in [4.78, 5) is 2.51. The lowest BCUT2D eigenvalue weighted by Crippen LogP contribution is -2.53. The lowest BCUT2D eigenvalue weighted by molar-refractivity contribution is 0.274. The topological polar surface area (TPSA) is 24.5 Å². The van der Waals surface area contributed by atoms with Gasteiger partial charge in [0.1, 0.15) is 5.75 Å². The zero-order chi connectivity index (χ0) is 14.5. The fraction of sp³-hybridized carbons (Fsp3) is 0.647. The molecule has 1 aromatic carbocycles. The number of hydrogen-bond donors (Lipinski definition) is 1. The van der Waals surface area contributed by atoms with E-state index in [-0.39, 0.29) is 0 Å². The molecule has 1 aliphatic rings. The van der Waals surface area contributed by atoms with E-state index in [1.807, 2.05) is 13.0 Å². The van der Waals surface area contributed by atoms with Crippen molar-refractivity contribution in [1.29, 1.82) is 0 Å². The number of nitrogens with one attached hydrogen (secondary N) is 1. The standard InChI is InChI=1S/C17H28N2O/c1-5-18-17-10-11-19(14(4)13(17)3)15-8-7-9-16(12-15)20-6-2/h7-9,12-14,17-18H,5-6,10-11H2,1-4H3. The minimum Gasteiger partial charge on any atom is -0.494 e. The van der Waals surface area contributed by atoms with E-state index >= 15 is 0 Å². The first kappa shape index (κ1) is 15.2. The monoisotopic (exact) mass is 276 g/mol. The number of benzene rings is 1. The minimum absolute atomic E-state index is 0.546. The van der Waals surface area contributed by atoms with E-state index < -0.39 is 0 Å².